The summed E-state index contributed by atoms with van der Waals surface area (Å²) in [5.74, 6) is -0.311. The maximum absolute atomic E-state index is 11.2. The minimum atomic E-state index is -0.311. The Morgan fingerprint density at radius 1 is 1.64 bits per heavy atom. The summed E-state index contributed by atoms with van der Waals surface area (Å²) < 4.78 is 4.63. The minimum absolute atomic E-state index is 0.311. The number of fused-ring (bicyclic) bond motifs is 1. The number of esters is 1. The molecule has 0 spiro atoms. The second-order valence-electron chi connectivity index (χ2n) is 2.95. The average Bonchev–Trinajstić information content (AvgIpc) is 2.27. The highest BCUT2D eigenvalue weighted by Gasteiger charge is 2.15. The van der Waals surface area contributed by atoms with Crippen LogP contribution in [0, 0.1) is 0 Å². The number of pyridine rings is 1. The third-order valence-corrected chi connectivity index (χ3v) is 2.07. The van der Waals surface area contributed by atoms with Crippen LogP contribution in [0.25, 0.3) is 6.08 Å². The van der Waals surface area contributed by atoms with Crippen molar-refractivity contribution in [3.05, 3.63) is 29.6 Å². The minimum Gasteiger partial charge on any atom is -0.466 e. The van der Waals surface area contributed by atoms with E-state index >= 15 is 0 Å². The third-order valence-electron chi connectivity index (χ3n) is 2.07. The molecule has 2 rings (SSSR count). The number of methoxy groups -OCH3 is 1. The van der Waals surface area contributed by atoms with Crippen LogP contribution in [0.15, 0.2) is 23.9 Å². The lowest BCUT2D eigenvalue weighted by Crippen LogP contribution is -2.18. The predicted molar refractivity (Wildman–Crippen MR) is 52.7 cm³/mol. The Hall–Kier alpha value is -1.84. The molecule has 1 aromatic heterocycles. The van der Waals surface area contributed by atoms with Gasteiger partial charge in [-0.2, -0.15) is 0 Å². The molecule has 0 unspecified atom stereocenters. The highest BCUT2D eigenvalue weighted by atomic mass is 16.5. The Bertz CT molecular complexity index is 399. The summed E-state index contributed by atoms with van der Waals surface area (Å²) in [6.45, 7) is 0.491. The van der Waals surface area contributed by atoms with Crippen molar-refractivity contribution in [2.24, 2.45) is 0 Å². The van der Waals surface area contributed by atoms with E-state index < -0.39 is 0 Å². The first-order chi connectivity index (χ1) is 6.81. The lowest BCUT2D eigenvalue weighted by Gasteiger charge is -2.15. The zero-order chi connectivity index (χ0) is 9.97. The Balaban J connectivity index is 2.36. The SMILES string of the molecule is COC(=O)C1=Cc2ncccc2NC1. The van der Waals surface area contributed by atoms with E-state index in [1.165, 1.54) is 7.11 Å². The van der Waals surface area contributed by atoms with Crippen LogP contribution in [0.4, 0.5) is 5.69 Å². The van der Waals surface area contributed by atoms with Crippen molar-refractivity contribution >= 4 is 17.7 Å². The van der Waals surface area contributed by atoms with Crippen LogP contribution in [-0.4, -0.2) is 24.6 Å². The number of nitrogens with one attached hydrogen (secondary N) is 1. The zero-order valence-electron chi connectivity index (χ0n) is 7.78. The maximum Gasteiger partial charge on any atom is 0.335 e. The number of carbonyl (C=O) groups excluding carboxylic acids is 1. The Labute approximate surface area is 81.6 Å². The average molecular weight is 190 g/mol. The molecule has 0 amide bonds. The van der Waals surface area contributed by atoms with Gasteiger partial charge in [-0.05, 0) is 18.2 Å². The third kappa shape index (κ3) is 1.46. The molecule has 0 saturated carbocycles. The van der Waals surface area contributed by atoms with E-state index in [0.29, 0.717) is 12.1 Å². The van der Waals surface area contributed by atoms with E-state index in [4.69, 9.17) is 0 Å². The fourth-order valence-electron chi connectivity index (χ4n) is 1.35. The lowest BCUT2D eigenvalue weighted by molar-refractivity contribution is -0.135. The Kier molecular flexibility index (Phi) is 2.18. The van der Waals surface area contributed by atoms with Crippen molar-refractivity contribution in [2.75, 3.05) is 19.0 Å². The van der Waals surface area contributed by atoms with Crippen molar-refractivity contribution < 1.29 is 9.53 Å². The van der Waals surface area contributed by atoms with Crippen LogP contribution < -0.4 is 5.32 Å². The van der Waals surface area contributed by atoms with Gasteiger partial charge in [0.25, 0.3) is 0 Å². The van der Waals surface area contributed by atoms with Gasteiger partial charge >= 0.3 is 5.97 Å². The molecule has 72 valence electrons. The Morgan fingerprint density at radius 3 is 3.29 bits per heavy atom. The molecule has 0 aliphatic carbocycles. The van der Waals surface area contributed by atoms with Gasteiger partial charge in [0, 0.05) is 12.7 Å². The van der Waals surface area contributed by atoms with Crippen molar-refractivity contribution in [1.29, 1.82) is 0 Å². The van der Waals surface area contributed by atoms with Gasteiger partial charge in [-0.1, -0.05) is 0 Å². The summed E-state index contributed by atoms with van der Waals surface area (Å²) in [4.78, 5) is 15.4. The molecule has 0 bridgehead atoms. The first kappa shape index (κ1) is 8.74. The molecule has 2 heterocycles. The van der Waals surface area contributed by atoms with Gasteiger partial charge in [-0.3, -0.25) is 4.98 Å². The molecule has 4 nitrogen and oxygen atoms in total. The highest BCUT2D eigenvalue weighted by Crippen LogP contribution is 2.20. The van der Waals surface area contributed by atoms with E-state index in [1.807, 2.05) is 12.1 Å². The number of ether oxygens (including phenoxy) is 1. The summed E-state index contributed by atoms with van der Waals surface area (Å²) >= 11 is 0. The molecule has 14 heavy (non-hydrogen) atoms. The largest absolute Gasteiger partial charge is 0.466 e. The molecule has 1 aromatic rings. The van der Waals surface area contributed by atoms with Crippen molar-refractivity contribution in [1.82, 2.24) is 4.98 Å². The zero-order valence-corrected chi connectivity index (χ0v) is 7.78. The number of rotatable bonds is 1. The van der Waals surface area contributed by atoms with Gasteiger partial charge in [0.1, 0.15) is 0 Å². The summed E-state index contributed by atoms with van der Waals surface area (Å²) in [7, 11) is 1.37. The fraction of sp³-hybridized carbons (Fsp3) is 0.200. The quantitative estimate of drug-likeness (QED) is 0.673. The topological polar surface area (TPSA) is 51.2 Å². The summed E-state index contributed by atoms with van der Waals surface area (Å²) in [5.41, 5.74) is 2.32. The second kappa shape index (κ2) is 3.49. The van der Waals surface area contributed by atoms with Crippen LogP contribution in [0.1, 0.15) is 5.69 Å². The number of hydrogen-bond acceptors (Lipinski definition) is 4. The second-order valence-corrected chi connectivity index (χ2v) is 2.95. The molecule has 0 aromatic carbocycles. The monoisotopic (exact) mass is 190 g/mol. The first-order valence-corrected chi connectivity index (χ1v) is 4.29. The smallest absolute Gasteiger partial charge is 0.335 e. The molecule has 1 aliphatic rings. The van der Waals surface area contributed by atoms with Gasteiger partial charge < -0.3 is 10.1 Å². The standard InChI is InChI=1S/C10H10N2O2/c1-14-10(13)7-5-9-8(12-6-7)3-2-4-11-9/h2-5,12H,6H2,1H3. The molecule has 0 saturated heterocycles. The Morgan fingerprint density at radius 2 is 2.50 bits per heavy atom. The number of aromatic nitrogens is 1. The molecular weight excluding hydrogens is 180 g/mol. The fourth-order valence-corrected chi connectivity index (χ4v) is 1.35. The molecule has 0 fully saturated rings. The van der Waals surface area contributed by atoms with Gasteiger partial charge in [0.05, 0.1) is 24.1 Å². The highest BCUT2D eigenvalue weighted by molar-refractivity contribution is 5.96. The van der Waals surface area contributed by atoms with Crippen molar-refractivity contribution in [3.63, 3.8) is 0 Å². The molecule has 4 heteroatoms. The summed E-state index contributed by atoms with van der Waals surface area (Å²) in [5, 5.41) is 3.10. The van der Waals surface area contributed by atoms with E-state index in [9.17, 15) is 4.79 Å². The molecule has 0 radical (unpaired) electrons. The van der Waals surface area contributed by atoms with Gasteiger partial charge in [0.15, 0.2) is 0 Å². The van der Waals surface area contributed by atoms with Gasteiger partial charge in [-0.15, -0.1) is 0 Å². The number of anilines is 1. The van der Waals surface area contributed by atoms with Crippen LogP contribution in [0.5, 0.6) is 0 Å². The van der Waals surface area contributed by atoms with E-state index in [-0.39, 0.29) is 5.97 Å². The molecule has 1 N–H and O–H groups in total. The normalized spacial score (nSPS) is 13.6. The van der Waals surface area contributed by atoms with Gasteiger partial charge in [-0.25, -0.2) is 4.79 Å². The number of hydrogen-bond donors (Lipinski definition) is 1. The van der Waals surface area contributed by atoms with Crippen LogP contribution in [-0.2, 0) is 9.53 Å². The maximum atomic E-state index is 11.2. The molecule has 0 atom stereocenters. The number of carbonyl (C=O) groups is 1. The van der Waals surface area contributed by atoms with Crippen LogP contribution in [0.2, 0.25) is 0 Å². The first-order valence-electron chi connectivity index (χ1n) is 4.29. The van der Waals surface area contributed by atoms with Crippen LogP contribution >= 0.6 is 0 Å². The van der Waals surface area contributed by atoms with Crippen molar-refractivity contribution in [3.8, 4) is 0 Å². The molecular formula is C10H10N2O2. The van der Waals surface area contributed by atoms with E-state index in [0.717, 1.165) is 11.4 Å². The predicted octanol–water partition coefficient (Wildman–Crippen LogP) is 1.06. The lowest BCUT2D eigenvalue weighted by atomic mass is 10.1. The van der Waals surface area contributed by atoms with Gasteiger partial charge in [0.2, 0.25) is 0 Å². The summed E-state index contributed by atoms with van der Waals surface area (Å²) in [6.07, 6.45) is 3.44. The number of nitrogens with zero attached hydrogens (tertiary/aromatic N) is 1. The van der Waals surface area contributed by atoms with Crippen LogP contribution in [0.3, 0.4) is 0 Å². The molecule has 1 aliphatic heterocycles. The van der Waals surface area contributed by atoms with E-state index in [1.54, 1.807) is 12.3 Å². The van der Waals surface area contributed by atoms with E-state index in [2.05, 4.69) is 15.0 Å². The van der Waals surface area contributed by atoms with Crippen molar-refractivity contribution in [2.45, 2.75) is 0 Å². The summed E-state index contributed by atoms with van der Waals surface area (Å²) in [6, 6.07) is 3.77.